The van der Waals surface area contributed by atoms with E-state index >= 15 is 0 Å². The van der Waals surface area contributed by atoms with Gasteiger partial charge in [-0.2, -0.15) is 0 Å². The van der Waals surface area contributed by atoms with Crippen molar-refractivity contribution in [3.8, 4) is 0 Å². The van der Waals surface area contributed by atoms with Crippen molar-refractivity contribution in [2.45, 2.75) is 109 Å². The van der Waals surface area contributed by atoms with Gasteiger partial charge in [-0.25, -0.2) is 4.39 Å². The van der Waals surface area contributed by atoms with Crippen LogP contribution < -0.4 is 0 Å². The molecule has 3 rings (SSSR count). The van der Waals surface area contributed by atoms with Crippen LogP contribution in [-0.2, 0) is 6.42 Å². The number of hydrogen-bond donors (Lipinski definition) is 0. The number of rotatable bonds is 10. The molecule has 0 aromatic heterocycles. The van der Waals surface area contributed by atoms with Gasteiger partial charge >= 0.3 is 0 Å². The van der Waals surface area contributed by atoms with Crippen molar-refractivity contribution in [3.63, 3.8) is 0 Å². The average Bonchev–Trinajstić information content (AvgIpc) is 2.78. The highest BCUT2D eigenvalue weighted by Crippen LogP contribution is 2.40. The maximum absolute atomic E-state index is 12.2. The number of aryl methyl sites for hydroxylation is 1. The highest BCUT2D eigenvalue weighted by molar-refractivity contribution is 5.26. The van der Waals surface area contributed by atoms with Gasteiger partial charge in [0.1, 0.15) is 0 Å². The van der Waals surface area contributed by atoms with Crippen molar-refractivity contribution >= 4 is 0 Å². The summed E-state index contributed by atoms with van der Waals surface area (Å²) in [6, 6.07) is 9.61. The van der Waals surface area contributed by atoms with Gasteiger partial charge in [0, 0.05) is 0 Å². The van der Waals surface area contributed by atoms with Crippen LogP contribution in [0.1, 0.15) is 114 Å². The Hall–Kier alpha value is -1.11. The lowest BCUT2D eigenvalue weighted by molar-refractivity contribution is 0.231. The van der Waals surface area contributed by atoms with E-state index in [0.29, 0.717) is 0 Å². The third-order valence-corrected chi connectivity index (χ3v) is 7.87. The molecule has 1 aromatic rings. The highest BCUT2D eigenvalue weighted by Gasteiger charge is 2.25. The molecular formula is C28H43F. The average molecular weight is 399 g/mol. The smallest absolute Gasteiger partial charge is 0.0827 e. The molecular weight excluding hydrogens is 355 g/mol. The van der Waals surface area contributed by atoms with Gasteiger partial charge < -0.3 is 0 Å². The second-order valence-electron chi connectivity index (χ2n) is 9.98. The SMILES string of the molecule is CCCCCc1ccc(C2CCC(CCC3CCC(C/C=C/F)CC3)CC2)cc1. The molecule has 2 fully saturated rings. The van der Waals surface area contributed by atoms with E-state index in [-0.39, 0.29) is 0 Å². The van der Waals surface area contributed by atoms with Crippen LogP contribution in [0.5, 0.6) is 0 Å². The van der Waals surface area contributed by atoms with Crippen LogP contribution in [0.4, 0.5) is 4.39 Å². The van der Waals surface area contributed by atoms with E-state index in [4.69, 9.17) is 0 Å². The predicted octanol–water partition coefficient (Wildman–Crippen LogP) is 9.15. The van der Waals surface area contributed by atoms with E-state index in [1.54, 1.807) is 11.6 Å². The van der Waals surface area contributed by atoms with Crippen molar-refractivity contribution in [1.82, 2.24) is 0 Å². The van der Waals surface area contributed by atoms with Crippen LogP contribution in [0.15, 0.2) is 36.7 Å². The number of halogens is 1. The molecule has 0 N–H and O–H groups in total. The molecule has 0 aliphatic heterocycles. The molecule has 0 radical (unpaired) electrons. The quantitative estimate of drug-likeness (QED) is 0.345. The lowest BCUT2D eigenvalue weighted by atomic mass is 9.74. The van der Waals surface area contributed by atoms with Gasteiger partial charge in [-0.15, -0.1) is 0 Å². The number of hydrogen-bond acceptors (Lipinski definition) is 0. The summed E-state index contributed by atoms with van der Waals surface area (Å²) in [4.78, 5) is 0. The number of unbranched alkanes of at least 4 members (excludes halogenated alkanes) is 2. The van der Waals surface area contributed by atoms with Crippen molar-refractivity contribution in [2.75, 3.05) is 0 Å². The second-order valence-corrected chi connectivity index (χ2v) is 9.98. The Morgan fingerprint density at radius 2 is 1.38 bits per heavy atom. The van der Waals surface area contributed by atoms with Crippen LogP contribution in [0.2, 0.25) is 0 Å². The first-order valence-corrected chi connectivity index (χ1v) is 12.6. The lowest BCUT2D eigenvalue weighted by Gasteiger charge is -2.32. The number of benzene rings is 1. The lowest BCUT2D eigenvalue weighted by Crippen LogP contribution is -2.17. The Kier molecular flexibility index (Phi) is 9.77. The largest absolute Gasteiger partial charge is 0.216 e. The van der Waals surface area contributed by atoms with Crippen LogP contribution in [0.25, 0.3) is 0 Å². The zero-order chi connectivity index (χ0) is 20.3. The molecule has 0 saturated heterocycles. The molecule has 0 unspecified atom stereocenters. The Balaban J connectivity index is 1.32. The third kappa shape index (κ3) is 7.58. The van der Waals surface area contributed by atoms with Crippen LogP contribution in [0, 0.1) is 17.8 Å². The molecule has 0 amide bonds. The van der Waals surface area contributed by atoms with Crippen LogP contribution in [0.3, 0.4) is 0 Å². The van der Waals surface area contributed by atoms with Gasteiger partial charge in [0.2, 0.25) is 0 Å². The minimum absolute atomic E-state index is 0.727. The van der Waals surface area contributed by atoms with Crippen LogP contribution >= 0.6 is 0 Å². The van der Waals surface area contributed by atoms with E-state index in [1.807, 2.05) is 0 Å². The Labute approximate surface area is 179 Å². The third-order valence-electron chi connectivity index (χ3n) is 7.87. The molecule has 0 spiro atoms. The Morgan fingerprint density at radius 1 is 0.793 bits per heavy atom. The van der Waals surface area contributed by atoms with Gasteiger partial charge in [0.25, 0.3) is 0 Å². The molecule has 1 aromatic carbocycles. The first-order valence-electron chi connectivity index (χ1n) is 12.6. The number of allylic oxidation sites excluding steroid dienone is 1. The fourth-order valence-corrected chi connectivity index (χ4v) is 5.79. The summed E-state index contributed by atoms with van der Waals surface area (Å²) in [5, 5.41) is 0. The van der Waals surface area contributed by atoms with Crippen molar-refractivity contribution in [2.24, 2.45) is 17.8 Å². The van der Waals surface area contributed by atoms with Crippen molar-refractivity contribution in [3.05, 3.63) is 47.8 Å². The zero-order valence-electron chi connectivity index (χ0n) is 18.8. The molecule has 1 heteroatoms. The molecule has 0 nitrogen and oxygen atoms in total. The molecule has 2 aliphatic rings. The van der Waals surface area contributed by atoms with E-state index in [1.165, 1.54) is 95.5 Å². The summed E-state index contributed by atoms with van der Waals surface area (Å²) in [6.45, 7) is 2.28. The molecule has 2 aliphatic carbocycles. The molecule has 2 saturated carbocycles. The van der Waals surface area contributed by atoms with Crippen molar-refractivity contribution in [1.29, 1.82) is 0 Å². The molecule has 0 bridgehead atoms. The van der Waals surface area contributed by atoms with Gasteiger partial charge in [0.05, 0.1) is 6.33 Å². The monoisotopic (exact) mass is 398 g/mol. The minimum atomic E-state index is 0.727. The summed E-state index contributed by atoms with van der Waals surface area (Å²) < 4.78 is 12.2. The first kappa shape index (κ1) is 22.6. The van der Waals surface area contributed by atoms with Gasteiger partial charge in [-0.05, 0) is 92.6 Å². The summed E-state index contributed by atoms with van der Waals surface area (Å²) in [5.41, 5.74) is 3.11. The van der Waals surface area contributed by atoms with Gasteiger partial charge in [-0.3, -0.25) is 0 Å². The van der Waals surface area contributed by atoms with Crippen molar-refractivity contribution < 1.29 is 4.39 Å². The van der Waals surface area contributed by atoms with E-state index < -0.39 is 0 Å². The van der Waals surface area contributed by atoms with E-state index in [9.17, 15) is 4.39 Å². The summed E-state index contributed by atoms with van der Waals surface area (Å²) in [5.74, 6) is 3.45. The molecule has 29 heavy (non-hydrogen) atoms. The highest BCUT2D eigenvalue weighted by atomic mass is 19.1. The maximum atomic E-state index is 12.2. The topological polar surface area (TPSA) is 0 Å². The van der Waals surface area contributed by atoms with E-state index in [0.717, 1.165) is 36.4 Å². The van der Waals surface area contributed by atoms with Crippen LogP contribution in [-0.4, -0.2) is 0 Å². The fourth-order valence-electron chi connectivity index (χ4n) is 5.79. The summed E-state index contributed by atoms with van der Waals surface area (Å²) in [7, 11) is 0. The normalized spacial score (nSPS) is 28.1. The zero-order valence-corrected chi connectivity index (χ0v) is 18.8. The van der Waals surface area contributed by atoms with Gasteiger partial charge in [0.15, 0.2) is 0 Å². The first-order chi connectivity index (χ1) is 14.3. The minimum Gasteiger partial charge on any atom is -0.216 e. The predicted molar refractivity (Wildman–Crippen MR) is 124 cm³/mol. The summed E-state index contributed by atoms with van der Waals surface area (Å²) in [6.07, 6.45) is 22.5. The Morgan fingerprint density at radius 3 is 1.97 bits per heavy atom. The van der Waals surface area contributed by atoms with E-state index in [2.05, 4.69) is 31.2 Å². The second kappa shape index (κ2) is 12.6. The fraction of sp³-hybridized carbons (Fsp3) is 0.714. The summed E-state index contributed by atoms with van der Waals surface area (Å²) >= 11 is 0. The molecule has 0 heterocycles. The molecule has 162 valence electrons. The van der Waals surface area contributed by atoms with Gasteiger partial charge in [-0.1, -0.05) is 75.8 Å². The maximum Gasteiger partial charge on any atom is 0.0827 e. The standard InChI is InChI=1S/C28H43F/c1-2-3-4-6-23-14-18-27(19-15-23)28-20-16-26(17-21-28)13-12-25-10-8-24(9-11-25)7-5-22-29/h5,14-15,18-19,22,24-26,28H,2-4,6-13,16-17,20-21H2,1H3/b22-5+. The molecule has 0 atom stereocenters. The Bertz CT molecular complexity index is 571.